The van der Waals surface area contributed by atoms with Crippen LogP contribution in [0.1, 0.15) is 50.5 Å². The molecule has 0 amide bonds. The molecule has 0 aromatic heterocycles. The molecule has 162 valence electrons. The van der Waals surface area contributed by atoms with Crippen LogP contribution in [0.2, 0.25) is 0 Å². The fraction of sp³-hybridized carbons (Fsp3) is 0.333. The highest BCUT2D eigenvalue weighted by atomic mass is 28.3. The van der Waals surface area contributed by atoms with Crippen LogP contribution in [0.5, 0.6) is 0 Å². The Balaban J connectivity index is 1.62. The topological polar surface area (TPSA) is 42.0 Å². The lowest BCUT2D eigenvalue weighted by molar-refractivity contribution is 0.0895. The molecule has 4 rings (SSSR count). The number of hydrogen-bond acceptors (Lipinski definition) is 3. The van der Waals surface area contributed by atoms with Crippen LogP contribution >= 0.6 is 0 Å². The summed E-state index contributed by atoms with van der Waals surface area (Å²) in [5, 5.41) is 13.0. The lowest BCUT2D eigenvalue weighted by atomic mass is 9.84. The Kier molecular flexibility index (Phi) is 6.73. The minimum Gasteiger partial charge on any atom is -0.403 e. The van der Waals surface area contributed by atoms with Crippen molar-refractivity contribution in [3.8, 4) is 0 Å². The standard InChI is InChI=1S/C27H32O3Si/c1-27(2,3)26(21-16-14-20(15-17-21)25(28)18-22-19-29-22)30-31(23-10-6-4-7-11-23)24-12-8-5-9-13-24/h4-17,22,25-26,28,31H,18-19H2,1-3H3/t22?,25-,26?/m1/s1. The molecule has 1 heterocycles. The van der Waals surface area contributed by atoms with Gasteiger partial charge in [0.2, 0.25) is 9.04 Å². The molecule has 1 fully saturated rings. The first-order chi connectivity index (χ1) is 14.9. The van der Waals surface area contributed by atoms with Gasteiger partial charge < -0.3 is 14.3 Å². The summed E-state index contributed by atoms with van der Waals surface area (Å²) in [5.41, 5.74) is 2.01. The van der Waals surface area contributed by atoms with E-state index in [1.54, 1.807) is 0 Å². The summed E-state index contributed by atoms with van der Waals surface area (Å²) in [6.45, 7) is 7.45. The maximum absolute atomic E-state index is 10.5. The van der Waals surface area contributed by atoms with Gasteiger partial charge in [0.05, 0.1) is 24.9 Å². The van der Waals surface area contributed by atoms with E-state index in [2.05, 4.69) is 93.6 Å². The van der Waals surface area contributed by atoms with E-state index in [0.717, 1.165) is 17.7 Å². The lowest BCUT2D eigenvalue weighted by Crippen LogP contribution is -2.47. The molecule has 0 spiro atoms. The average Bonchev–Trinajstić information content (AvgIpc) is 3.59. The van der Waals surface area contributed by atoms with Crippen molar-refractivity contribution in [2.45, 2.75) is 45.5 Å². The van der Waals surface area contributed by atoms with Crippen LogP contribution in [-0.4, -0.2) is 26.9 Å². The van der Waals surface area contributed by atoms with Gasteiger partial charge in [0.1, 0.15) is 0 Å². The van der Waals surface area contributed by atoms with Crippen molar-refractivity contribution < 1.29 is 14.3 Å². The van der Waals surface area contributed by atoms with Crippen molar-refractivity contribution in [3.05, 3.63) is 96.1 Å². The van der Waals surface area contributed by atoms with Gasteiger partial charge in [-0.2, -0.15) is 0 Å². The van der Waals surface area contributed by atoms with Gasteiger partial charge in [-0.1, -0.05) is 106 Å². The number of epoxide rings is 1. The first-order valence-corrected chi connectivity index (χ1v) is 12.7. The summed E-state index contributed by atoms with van der Waals surface area (Å²) in [6.07, 6.45) is 0.341. The minimum atomic E-state index is -1.89. The van der Waals surface area contributed by atoms with Gasteiger partial charge in [0, 0.05) is 6.42 Å². The summed E-state index contributed by atoms with van der Waals surface area (Å²) >= 11 is 0. The van der Waals surface area contributed by atoms with E-state index in [1.165, 1.54) is 10.4 Å². The van der Waals surface area contributed by atoms with Crippen molar-refractivity contribution in [1.82, 2.24) is 0 Å². The molecule has 0 radical (unpaired) electrons. The molecule has 0 saturated carbocycles. The second-order valence-corrected chi connectivity index (χ2v) is 11.8. The van der Waals surface area contributed by atoms with E-state index in [9.17, 15) is 5.11 Å². The minimum absolute atomic E-state index is 0.0532. The van der Waals surface area contributed by atoms with Crippen molar-refractivity contribution in [2.24, 2.45) is 5.41 Å². The Hall–Kier alpha value is -2.24. The number of aliphatic hydroxyl groups excluding tert-OH is 1. The number of ether oxygens (including phenoxy) is 1. The third-order valence-electron chi connectivity index (χ3n) is 5.78. The second kappa shape index (κ2) is 9.49. The lowest BCUT2D eigenvalue weighted by Gasteiger charge is -2.35. The van der Waals surface area contributed by atoms with Crippen LogP contribution < -0.4 is 10.4 Å². The fourth-order valence-electron chi connectivity index (χ4n) is 4.01. The Morgan fingerprint density at radius 3 is 1.81 bits per heavy atom. The number of benzene rings is 3. The van der Waals surface area contributed by atoms with E-state index >= 15 is 0 Å². The third-order valence-corrected chi connectivity index (χ3v) is 8.30. The fourth-order valence-corrected chi connectivity index (χ4v) is 6.69. The summed E-state index contributed by atoms with van der Waals surface area (Å²) in [5.74, 6) is 0. The van der Waals surface area contributed by atoms with E-state index in [4.69, 9.17) is 9.16 Å². The molecule has 3 aromatic carbocycles. The van der Waals surface area contributed by atoms with Crippen molar-refractivity contribution >= 4 is 19.4 Å². The first kappa shape index (κ1) is 22.0. The summed E-state index contributed by atoms with van der Waals surface area (Å²) in [7, 11) is -1.89. The molecular formula is C27H32O3Si. The Bertz CT molecular complexity index is 908. The van der Waals surface area contributed by atoms with Gasteiger partial charge in [0.25, 0.3) is 0 Å². The van der Waals surface area contributed by atoms with Crippen LogP contribution in [0.3, 0.4) is 0 Å². The van der Waals surface area contributed by atoms with Crippen molar-refractivity contribution in [2.75, 3.05) is 6.61 Å². The molecule has 1 N–H and O–H groups in total. The van der Waals surface area contributed by atoms with E-state index in [-0.39, 0.29) is 17.6 Å². The van der Waals surface area contributed by atoms with Gasteiger partial charge in [-0.25, -0.2) is 0 Å². The van der Waals surface area contributed by atoms with Crippen molar-refractivity contribution in [1.29, 1.82) is 0 Å². The highest BCUT2D eigenvalue weighted by Gasteiger charge is 2.32. The normalized spacial score (nSPS) is 18.0. The molecular weight excluding hydrogens is 400 g/mol. The first-order valence-electron chi connectivity index (χ1n) is 11.1. The maximum atomic E-state index is 10.5. The molecule has 31 heavy (non-hydrogen) atoms. The summed E-state index contributed by atoms with van der Waals surface area (Å²) in [6, 6.07) is 29.5. The molecule has 3 nitrogen and oxygen atoms in total. The third kappa shape index (κ3) is 5.72. The molecule has 0 aliphatic carbocycles. The molecule has 2 unspecified atom stereocenters. The molecule has 4 heteroatoms. The predicted octanol–water partition coefficient (Wildman–Crippen LogP) is 4.15. The van der Waals surface area contributed by atoms with E-state index < -0.39 is 15.1 Å². The van der Waals surface area contributed by atoms with Crippen LogP contribution in [-0.2, 0) is 9.16 Å². The largest absolute Gasteiger partial charge is 0.403 e. The van der Waals surface area contributed by atoms with E-state index in [0.29, 0.717) is 6.42 Å². The number of aliphatic hydroxyl groups is 1. The highest BCUT2D eigenvalue weighted by molar-refractivity contribution is 6.80. The zero-order valence-corrected chi connectivity index (χ0v) is 19.7. The molecule has 3 atom stereocenters. The van der Waals surface area contributed by atoms with Crippen LogP contribution in [0.25, 0.3) is 0 Å². The van der Waals surface area contributed by atoms with E-state index in [1.807, 2.05) is 12.1 Å². The Morgan fingerprint density at radius 2 is 1.35 bits per heavy atom. The SMILES string of the molecule is CC(C)(C)C(O[SiH](c1ccccc1)c1ccccc1)c1ccc([C@H](O)CC2CO2)cc1. The van der Waals surface area contributed by atoms with Gasteiger partial charge in [0.15, 0.2) is 0 Å². The van der Waals surface area contributed by atoms with Gasteiger partial charge in [-0.05, 0) is 26.9 Å². The molecule has 0 bridgehead atoms. The quantitative estimate of drug-likeness (QED) is 0.429. The van der Waals surface area contributed by atoms with Crippen LogP contribution in [0.15, 0.2) is 84.9 Å². The molecule has 1 aliphatic heterocycles. The second-order valence-electron chi connectivity index (χ2n) is 9.46. The van der Waals surface area contributed by atoms with Crippen LogP contribution in [0.4, 0.5) is 0 Å². The Labute approximate surface area is 187 Å². The monoisotopic (exact) mass is 432 g/mol. The smallest absolute Gasteiger partial charge is 0.240 e. The predicted molar refractivity (Wildman–Crippen MR) is 128 cm³/mol. The zero-order valence-electron chi connectivity index (χ0n) is 18.6. The van der Waals surface area contributed by atoms with Gasteiger partial charge >= 0.3 is 0 Å². The van der Waals surface area contributed by atoms with Crippen LogP contribution in [0, 0.1) is 5.41 Å². The maximum Gasteiger partial charge on any atom is 0.240 e. The Morgan fingerprint density at radius 1 is 0.871 bits per heavy atom. The zero-order chi connectivity index (χ0) is 21.8. The summed E-state index contributed by atoms with van der Waals surface area (Å²) < 4.78 is 12.3. The highest BCUT2D eigenvalue weighted by Crippen LogP contribution is 2.37. The van der Waals surface area contributed by atoms with Gasteiger partial charge in [-0.3, -0.25) is 0 Å². The number of hydrogen-bond donors (Lipinski definition) is 1. The number of rotatable bonds is 8. The van der Waals surface area contributed by atoms with Gasteiger partial charge in [-0.15, -0.1) is 0 Å². The summed E-state index contributed by atoms with van der Waals surface area (Å²) in [4.78, 5) is 0. The van der Waals surface area contributed by atoms with Crippen molar-refractivity contribution in [3.63, 3.8) is 0 Å². The molecule has 1 aliphatic rings. The molecule has 1 saturated heterocycles. The average molecular weight is 433 g/mol. The molecule has 3 aromatic rings.